The third-order valence-electron chi connectivity index (χ3n) is 5.72. The van der Waals surface area contributed by atoms with Crippen LogP contribution in [0.5, 0.6) is 0 Å². The molecular formula is C23H47N5O2. The van der Waals surface area contributed by atoms with Gasteiger partial charge < -0.3 is 24.8 Å². The molecule has 0 aromatic rings. The first-order valence-corrected chi connectivity index (χ1v) is 11.9. The predicted molar refractivity (Wildman–Crippen MR) is 126 cm³/mol. The van der Waals surface area contributed by atoms with Gasteiger partial charge in [-0.15, -0.1) is 0 Å². The normalized spacial score (nSPS) is 16.1. The number of piperidine rings is 1. The number of aliphatic imine (C=N–C) groups is 1. The van der Waals surface area contributed by atoms with Crippen molar-refractivity contribution >= 4 is 12.1 Å². The molecule has 1 saturated heterocycles. The second-order valence-electron chi connectivity index (χ2n) is 9.16. The molecule has 1 aliphatic heterocycles. The lowest BCUT2D eigenvalue weighted by Gasteiger charge is -2.36. The van der Waals surface area contributed by atoms with Crippen LogP contribution in [-0.2, 0) is 4.74 Å². The Balaban J connectivity index is 2.36. The van der Waals surface area contributed by atoms with E-state index in [1.165, 1.54) is 13.0 Å². The number of unbranched alkanes of at least 4 members (excludes halogenated alkanes) is 1. The number of hydrogen-bond acceptors (Lipinski definition) is 4. The van der Waals surface area contributed by atoms with Crippen LogP contribution in [0, 0.1) is 5.92 Å². The average Bonchev–Trinajstić information content (AvgIpc) is 2.71. The van der Waals surface area contributed by atoms with Crippen LogP contribution in [0.2, 0.25) is 0 Å². The lowest BCUT2D eigenvalue weighted by Crippen LogP contribution is -2.48. The third kappa shape index (κ3) is 10.0. The molecule has 1 N–H and O–H groups in total. The van der Waals surface area contributed by atoms with Crippen LogP contribution in [-0.4, -0.2) is 91.8 Å². The van der Waals surface area contributed by atoms with Crippen LogP contribution < -0.4 is 5.32 Å². The van der Waals surface area contributed by atoms with Gasteiger partial charge in [0.15, 0.2) is 5.96 Å². The average molecular weight is 426 g/mol. The van der Waals surface area contributed by atoms with Gasteiger partial charge in [-0.05, 0) is 78.9 Å². The molecule has 1 heterocycles. The lowest BCUT2D eigenvalue weighted by atomic mass is 9.96. The van der Waals surface area contributed by atoms with Crippen LogP contribution in [0.3, 0.4) is 0 Å². The molecular weight excluding hydrogens is 378 g/mol. The molecule has 0 radical (unpaired) electrons. The zero-order valence-corrected chi connectivity index (χ0v) is 20.7. The van der Waals surface area contributed by atoms with Crippen molar-refractivity contribution in [3.05, 3.63) is 0 Å². The number of rotatable bonds is 10. The van der Waals surface area contributed by atoms with Crippen molar-refractivity contribution in [3.63, 3.8) is 0 Å². The van der Waals surface area contributed by atoms with E-state index in [0.717, 1.165) is 64.5 Å². The van der Waals surface area contributed by atoms with E-state index in [1.54, 1.807) is 0 Å². The van der Waals surface area contributed by atoms with E-state index in [9.17, 15) is 4.79 Å². The molecule has 1 fully saturated rings. The minimum absolute atomic E-state index is 0.199. The quantitative estimate of drug-likeness (QED) is 0.329. The smallest absolute Gasteiger partial charge is 0.410 e. The molecule has 0 bridgehead atoms. The fraction of sp³-hybridized carbons (Fsp3) is 0.913. The highest BCUT2D eigenvalue weighted by atomic mass is 16.6. The zero-order valence-electron chi connectivity index (χ0n) is 20.7. The Hall–Kier alpha value is -1.50. The second kappa shape index (κ2) is 13.7. The molecule has 7 heteroatoms. The highest BCUT2D eigenvalue weighted by Gasteiger charge is 2.27. The van der Waals surface area contributed by atoms with Crippen molar-refractivity contribution in [1.82, 2.24) is 20.0 Å². The van der Waals surface area contributed by atoms with Gasteiger partial charge in [0.2, 0.25) is 0 Å². The second-order valence-corrected chi connectivity index (χ2v) is 9.16. The Morgan fingerprint density at radius 1 is 1.10 bits per heavy atom. The largest absolute Gasteiger partial charge is 0.444 e. The van der Waals surface area contributed by atoms with Gasteiger partial charge in [-0.25, -0.2) is 4.79 Å². The summed E-state index contributed by atoms with van der Waals surface area (Å²) in [6.07, 6.45) is 4.32. The van der Waals surface area contributed by atoms with Gasteiger partial charge in [0.1, 0.15) is 5.60 Å². The molecule has 1 rings (SSSR count). The van der Waals surface area contributed by atoms with Gasteiger partial charge in [0.25, 0.3) is 0 Å². The fourth-order valence-corrected chi connectivity index (χ4v) is 3.83. The molecule has 30 heavy (non-hydrogen) atoms. The van der Waals surface area contributed by atoms with Crippen molar-refractivity contribution in [3.8, 4) is 0 Å². The molecule has 0 aliphatic carbocycles. The first kappa shape index (κ1) is 26.5. The van der Waals surface area contributed by atoms with Crippen LogP contribution in [0.1, 0.15) is 67.2 Å². The minimum atomic E-state index is -0.447. The Labute approximate surface area is 185 Å². The Bertz CT molecular complexity index is 506. The molecule has 0 spiro atoms. The maximum Gasteiger partial charge on any atom is 0.410 e. The van der Waals surface area contributed by atoms with Gasteiger partial charge in [-0.3, -0.25) is 4.99 Å². The van der Waals surface area contributed by atoms with Gasteiger partial charge in [-0.1, -0.05) is 13.8 Å². The number of amides is 1. The van der Waals surface area contributed by atoms with E-state index < -0.39 is 5.60 Å². The summed E-state index contributed by atoms with van der Waals surface area (Å²) in [5.74, 6) is 1.52. The van der Waals surface area contributed by atoms with E-state index in [4.69, 9.17) is 4.74 Å². The first-order valence-electron chi connectivity index (χ1n) is 11.9. The molecule has 0 saturated carbocycles. The van der Waals surface area contributed by atoms with Gasteiger partial charge in [0, 0.05) is 39.8 Å². The highest BCUT2D eigenvalue weighted by Crippen LogP contribution is 2.20. The molecule has 1 aliphatic rings. The summed E-state index contributed by atoms with van der Waals surface area (Å²) in [5, 5.41) is 3.53. The first-order chi connectivity index (χ1) is 14.2. The van der Waals surface area contributed by atoms with Crippen LogP contribution in [0.25, 0.3) is 0 Å². The summed E-state index contributed by atoms with van der Waals surface area (Å²) in [6, 6.07) is 0. The molecule has 176 valence electrons. The summed E-state index contributed by atoms with van der Waals surface area (Å²) in [5.41, 5.74) is -0.447. The van der Waals surface area contributed by atoms with Crippen LogP contribution >= 0.6 is 0 Å². The Morgan fingerprint density at radius 3 is 2.23 bits per heavy atom. The number of guanidine groups is 1. The van der Waals surface area contributed by atoms with Gasteiger partial charge in [-0.2, -0.15) is 0 Å². The zero-order chi connectivity index (χ0) is 22.6. The summed E-state index contributed by atoms with van der Waals surface area (Å²) in [4.78, 5) is 23.5. The Morgan fingerprint density at radius 2 is 1.73 bits per heavy atom. The van der Waals surface area contributed by atoms with Gasteiger partial charge >= 0.3 is 6.09 Å². The van der Waals surface area contributed by atoms with Crippen molar-refractivity contribution in [1.29, 1.82) is 0 Å². The molecule has 0 aromatic carbocycles. The van der Waals surface area contributed by atoms with Crippen molar-refractivity contribution in [2.75, 3.05) is 59.4 Å². The monoisotopic (exact) mass is 425 g/mol. The molecule has 0 aromatic heterocycles. The van der Waals surface area contributed by atoms with E-state index >= 15 is 0 Å². The Kier molecular flexibility index (Phi) is 12.1. The van der Waals surface area contributed by atoms with E-state index in [2.05, 4.69) is 34.0 Å². The maximum absolute atomic E-state index is 12.4. The summed E-state index contributed by atoms with van der Waals surface area (Å²) in [6.45, 7) is 20.0. The van der Waals surface area contributed by atoms with Gasteiger partial charge in [0.05, 0.1) is 0 Å². The number of nitrogens with zero attached hydrogens (tertiary/aromatic N) is 4. The number of carbonyl (C=O) groups excluding carboxylic acids is 1. The van der Waals surface area contributed by atoms with Crippen LogP contribution in [0.4, 0.5) is 4.79 Å². The molecule has 7 nitrogen and oxygen atoms in total. The van der Waals surface area contributed by atoms with E-state index in [-0.39, 0.29) is 6.09 Å². The lowest BCUT2D eigenvalue weighted by molar-refractivity contribution is 0.0214. The van der Waals surface area contributed by atoms with E-state index in [0.29, 0.717) is 12.5 Å². The molecule has 0 unspecified atom stereocenters. The molecule has 1 amide bonds. The predicted octanol–water partition coefficient (Wildman–Crippen LogP) is 3.65. The highest BCUT2D eigenvalue weighted by molar-refractivity contribution is 5.79. The van der Waals surface area contributed by atoms with Crippen molar-refractivity contribution in [2.24, 2.45) is 10.9 Å². The van der Waals surface area contributed by atoms with Crippen LogP contribution in [0.15, 0.2) is 4.99 Å². The van der Waals surface area contributed by atoms with Crippen molar-refractivity contribution in [2.45, 2.75) is 72.8 Å². The third-order valence-corrected chi connectivity index (χ3v) is 5.72. The number of hydrogen-bond donors (Lipinski definition) is 1. The van der Waals surface area contributed by atoms with E-state index in [1.807, 2.05) is 39.6 Å². The number of ether oxygens (including phenoxy) is 1. The minimum Gasteiger partial charge on any atom is -0.444 e. The topological polar surface area (TPSA) is 60.4 Å². The number of carbonyl (C=O) groups is 1. The molecule has 0 atom stereocenters. The SMILES string of the molecule is CCN(CC)CCCCNC(=NC)N1CCC(CN(CC)C(=O)OC(C)(C)C)CC1. The number of nitrogens with one attached hydrogen (secondary N) is 1. The summed E-state index contributed by atoms with van der Waals surface area (Å²) in [7, 11) is 1.87. The maximum atomic E-state index is 12.4. The summed E-state index contributed by atoms with van der Waals surface area (Å²) >= 11 is 0. The summed E-state index contributed by atoms with van der Waals surface area (Å²) < 4.78 is 5.55. The number of likely N-dealkylation sites (tertiary alicyclic amines) is 1. The standard InChI is InChI=1S/C23H47N5O2/c1-8-26(9-2)16-12-11-15-25-21(24-7)28-17-13-20(14-18-28)19-27(10-3)22(29)30-23(4,5)6/h20H,8-19H2,1-7H3,(H,24,25). The fourth-order valence-electron chi connectivity index (χ4n) is 3.83. The van der Waals surface area contributed by atoms with Crippen molar-refractivity contribution < 1.29 is 9.53 Å².